The lowest BCUT2D eigenvalue weighted by molar-refractivity contribution is -0.135. The molecule has 2 unspecified atom stereocenters. The first kappa shape index (κ1) is 10.9. The second kappa shape index (κ2) is 4.97. The molecule has 1 amide bonds. The maximum Gasteiger partial charge on any atom is 0.227 e. The lowest BCUT2D eigenvalue weighted by Crippen LogP contribution is -2.40. The van der Waals surface area contributed by atoms with Crippen molar-refractivity contribution in [3.8, 4) is 0 Å². The predicted octanol–water partition coefficient (Wildman–Crippen LogP) is 1.39. The van der Waals surface area contributed by atoms with E-state index in [0.717, 1.165) is 26.1 Å². The summed E-state index contributed by atoms with van der Waals surface area (Å²) in [7, 11) is 0. The third kappa shape index (κ3) is 2.51. The minimum absolute atomic E-state index is 0.239. The fourth-order valence-electron chi connectivity index (χ4n) is 2.72. The molecule has 2 saturated heterocycles. The Morgan fingerprint density at radius 2 is 1.87 bits per heavy atom. The summed E-state index contributed by atoms with van der Waals surface area (Å²) >= 11 is 0. The molecule has 2 aliphatic heterocycles. The Bertz CT molecular complexity index is 222. The first-order valence-corrected chi connectivity index (χ1v) is 6.31. The average Bonchev–Trinajstić information content (AvgIpc) is 2.53. The van der Waals surface area contributed by atoms with Gasteiger partial charge in [-0.05, 0) is 32.7 Å². The Morgan fingerprint density at radius 1 is 1.20 bits per heavy atom. The van der Waals surface area contributed by atoms with Gasteiger partial charge in [-0.15, -0.1) is 0 Å². The molecule has 2 heterocycles. The monoisotopic (exact) mass is 210 g/mol. The van der Waals surface area contributed by atoms with Gasteiger partial charge in [0.05, 0.1) is 5.92 Å². The molecule has 2 aliphatic rings. The highest BCUT2D eigenvalue weighted by Crippen LogP contribution is 2.20. The standard InChI is InChI=1S/C12H22N2O/c1-10-11(6-7-13-10)12(15)14-8-4-2-3-5-9-14/h10-11,13H,2-9H2,1H3. The summed E-state index contributed by atoms with van der Waals surface area (Å²) in [5.41, 5.74) is 0. The van der Waals surface area contributed by atoms with Crippen molar-refractivity contribution in [3.05, 3.63) is 0 Å². The summed E-state index contributed by atoms with van der Waals surface area (Å²) in [5, 5.41) is 3.36. The smallest absolute Gasteiger partial charge is 0.227 e. The summed E-state index contributed by atoms with van der Waals surface area (Å²) in [6.45, 7) is 5.11. The number of amides is 1. The van der Waals surface area contributed by atoms with Crippen molar-refractivity contribution in [3.63, 3.8) is 0 Å². The molecule has 3 nitrogen and oxygen atoms in total. The number of carbonyl (C=O) groups is 1. The molecule has 86 valence electrons. The van der Waals surface area contributed by atoms with Crippen molar-refractivity contribution >= 4 is 5.91 Å². The molecule has 0 radical (unpaired) electrons. The number of carbonyl (C=O) groups excluding carboxylic acids is 1. The second-order valence-corrected chi connectivity index (χ2v) is 4.88. The quantitative estimate of drug-likeness (QED) is 0.709. The van der Waals surface area contributed by atoms with Crippen molar-refractivity contribution < 1.29 is 4.79 Å². The normalized spacial score (nSPS) is 32.7. The Hall–Kier alpha value is -0.570. The molecule has 2 rings (SSSR count). The first-order valence-electron chi connectivity index (χ1n) is 6.31. The van der Waals surface area contributed by atoms with Crippen LogP contribution in [0.5, 0.6) is 0 Å². The van der Waals surface area contributed by atoms with E-state index in [2.05, 4.69) is 17.1 Å². The van der Waals surface area contributed by atoms with Gasteiger partial charge in [0.15, 0.2) is 0 Å². The molecule has 3 heteroatoms. The van der Waals surface area contributed by atoms with E-state index in [1.54, 1.807) is 0 Å². The van der Waals surface area contributed by atoms with Crippen molar-refractivity contribution in [2.45, 2.75) is 45.1 Å². The highest BCUT2D eigenvalue weighted by atomic mass is 16.2. The Kier molecular flexibility index (Phi) is 3.62. The molecule has 2 fully saturated rings. The third-order valence-corrected chi connectivity index (χ3v) is 3.76. The Balaban J connectivity index is 1.93. The summed E-state index contributed by atoms with van der Waals surface area (Å²) < 4.78 is 0. The van der Waals surface area contributed by atoms with E-state index in [0.29, 0.717) is 11.9 Å². The molecule has 15 heavy (non-hydrogen) atoms. The lowest BCUT2D eigenvalue weighted by Gasteiger charge is -2.25. The summed E-state index contributed by atoms with van der Waals surface area (Å²) in [6, 6.07) is 0.376. The van der Waals surface area contributed by atoms with Crippen LogP contribution in [0.3, 0.4) is 0 Å². The van der Waals surface area contributed by atoms with Crippen LogP contribution in [0.25, 0.3) is 0 Å². The van der Waals surface area contributed by atoms with Gasteiger partial charge in [-0.1, -0.05) is 12.8 Å². The molecule has 0 aromatic rings. The summed E-state index contributed by atoms with van der Waals surface area (Å²) in [4.78, 5) is 14.3. The van der Waals surface area contributed by atoms with Crippen molar-refractivity contribution in [1.82, 2.24) is 10.2 Å². The van der Waals surface area contributed by atoms with Gasteiger partial charge in [0.1, 0.15) is 0 Å². The topological polar surface area (TPSA) is 32.3 Å². The van der Waals surface area contributed by atoms with Gasteiger partial charge in [-0.25, -0.2) is 0 Å². The van der Waals surface area contributed by atoms with Crippen LogP contribution in [-0.2, 0) is 4.79 Å². The van der Waals surface area contributed by atoms with Crippen LogP contribution in [-0.4, -0.2) is 36.5 Å². The summed E-state index contributed by atoms with van der Waals surface area (Å²) in [6.07, 6.45) is 6.00. The van der Waals surface area contributed by atoms with Crippen molar-refractivity contribution in [1.29, 1.82) is 0 Å². The molecule has 0 aromatic carbocycles. The third-order valence-electron chi connectivity index (χ3n) is 3.76. The molecular formula is C12H22N2O. The van der Waals surface area contributed by atoms with Crippen molar-refractivity contribution in [2.24, 2.45) is 5.92 Å². The predicted molar refractivity (Wildman–Crippen MR) is 60.6 cm³/mol. The minimum atomic E-state index is 0.239. The maximum absolute atomic E-state index is 12.2. The van der Waals surface area contributed by atoms with Crippen LogP contribution in [0.2, 0.25) is 0 Å². The number of likely N-dealkylation sites (tertiary alicyclic amines) is 1. The molecule has 2 atom stereocenters. The number of hydrogen-bond donors (Lipinski definition) is 1. The van der Waals surface area contributed by atoms with E-state index in [-0.39, 0.29) is 5.92 Å². The number of rotatable bonds is 1. The highest BCUT2D eigenvalue weighted by Gasteiger charge is 2.32. The molecule has 1 N–H and O–H groups in total. The van der Waals surface area contributed by atoms with E-state index in [1.807, 2.05) is 0 Å². The van der Waals surface area contributed by atoms with Gasteiger partial charge in [0.25, 0.3) is 0 Å². The Labute approximate surface area is 92.2 Å². The van der Waals surface area contributed by atoms with E-state index >= 15 is 0 Å². The highest BCUT2D eigenvalue weighted by molar-refractivity contribution is 5.79. The Morgan fingerprint density at radius 3 is 2.40 bits per heavy atom. The molecule has 0 spiro atoms. The average molecular weight is 210 g/mol. The lowest BCUT2D eigenvalue weighted by atomic mass is 10.0. The zero-order chi connectivity index (χ0) is 10.7. The number of nitrogens with zero attached hydrogens (tertiary/aromatic N) is 1. The van der Waals surface area contributed by atoms with Gasteiger partial charge in [0, 0.05) is 19.1 Å². The van der Waals surface area contributed by atoms with E-state index in [1.165, 1.54) is 25.7 Å². The van der Waals surface area contributed by atoms with Crippen LogP contribution in [0.1, 0.15) is 39.0 Å². The molecule has 0 saturated carbocycles. The largest absolute Gasteiger partial charge is 0.342 e. The van der Waals surface area contributed by atoms with E-state index in [4.69, 9.17) is 0 Å². The fraction of sp³-hybridized carbons (Fsp3) is 0.917. The maximum atomic E-state index is 12.2. The second-order valence-electron chi connectivity index (χ2n) is 4.88. The van der Waals surface area contributed by atoms with Crippen LogP contribution in [0.4, 0.5) is 0 Å². The van der Waals surface area contributed by atoms with Crippen LogP contribution in [0, 0.1) is 5.92 Å². The zero-order valence-electron chi connectivity index (χ0n) is 9.67. The molecule has 0 aromatic heterocycles. The van der Waals surface area contributed by atoms with Gasteiger partial charge >= 0.3 is 0 Å². The summed E-state index contributed by atoms with van der Waals surface area (Å²) in [5.74, 6) is 0.637. The van der Waals surface area contributed by atoms with Gasteiger partial charge in [-0.3, -0.25) is 4.79 Å². The zero-order valence-corrected chi connectivity index (χ0v) is 9.67. The van der Waals surface area contributed by atoms with Gasteiger partial charge in [-0.2, -0.15) is 0 Å². The minimum Gasteiger partial charge on any atom is -0.342 e. The number of hydrogen-bond acceptors (Lipinski definition) is 2. The van der Waals surface area contributed by atoms with Crippen LogP contribution >= 0.6 is 0 Å². The number of nitrogens with one attached hydrogen (secondary N) is 1. The fourth-order valence-corrected chi connectivity index (χ4v) is 2.72. The molecular weight excluding hydrogens is 188 g/mol. The van der Waals surface area contributed by atoms with E-state index < -0.39 is 0 Å². The van der Waals surface area contributed by atoms with Gasteiger partial charge in [0.2, 0.25) is 5.91 Å². The van der Waals surface area contributed by atoms with Crippen LogP contribution < -0.4 is 5.32 Å². The van der Waals surface area contributed by atoms with E-state index in [9.17, 15) is 4.79 Å². The van der Waals surface area contributed by atoms with Gasteiger partial charge < -0.3 is 10.2 Å². The molecule has 0 aliphatic carbocycles. The first-order chi connectivity index (χ1) is 7.29. The van der Waals surface area contributed by atoms with Crippen molar-refractivity contribution in [2.75, 3.05) is 19.6 Å². The SMILES string of the molecule is CC1NCCC1C(=O)N1CCCCCC1. The van der Waals surface area contributed by atoms with Crippen LogP contribution in [0.15, 0.2) is 0 Å². The molecule has 0 bridgehead atoms.